The summed E-state index contributed by atoms with van der Waals surface area (Å²) in [4.78, 5) is 32.6. The normalized spacial score (nSPS) is 16.1. The predicted molar refractivity (Wildman–Crippen MR) is 146 cm³/mol. The highest BCUT2D eigenvalue weighted by molar-refractivity contribution is 5.89. The molecule has 2 aromatic carbocycles. The van der Waals surface area contributed by atoms with Crippen LogP contribution in [-0.2, 0) is 24.9 Å². The second kappa shape index (κ2) is 10.5. The molecule has 1 aliphatic heterocycles. The molecule has 0 bridgehead atoms. The molecule has 3 heterocycles. The fourth-order valence-corrected chi connectivity index (χ4v) is 5.27. The van der Waals surface area contributed by atoms with Crippen LogP contribution in [0.4, 0.5) is 0 Å². The third-order valence-electron chi connectivity index (χ3n) is 7.64. The van der Waals surface area contributed by atoms with Crippen molar-refractivity contribution in [2.75, 3.05) is 13.1 Å². The Hall–Kier alpha value is -3.82. The number of amides is 1. The minimum atomic E-state index is -1.10. The molecule has 1 atom stereocenters. The number of nitrogens with zero attached hydrogens (tertiary/aromatic N) is 5. The molecule has 0 radical (unpaired) electrons. The van der Waals surface area contributed by atoms with Crippen LogP contribution in [0.5, 0.6) is 0 Å². The average molecular weight is 515 g/mol. The fraction of sp³-hybridized carbons (Fsp3) is 0.379. The zero-order valence-corrected chi connectivity index (χ0v) is 21.9. The van der Waals surface area contributed by atoms with Gasteiger partial charge in [0.15, 0.2) is 5.52 Å². The van der Waals surface area contributed by atoms with Gasteiger partial charge in [-0.05, 0) is 29.9 Å². The summed E-state index contributed by atoms with van der Waals surface area (Å²) < 4.78 is 3.10. The number of aryl methyl sites for hydroxylation is 1. The first kappa shape index (κ1) is 25.8. The lowest BCUT2D eigenvalue weighted by molar-refractivity contribution is -0.136. The molecule has 4 aromatic rings. The Bertz CT molecular complexity index is 1480. The van der Waals surface area contributed by atoms with Gasteiger partial charge in [0.1, 0.15) is 5.52 Å². The van der Waals surface area contributed by atoms with Gasteiger partial charge in [-0.2, -0.15) is 5.10 Å². The maximum absolute atomic E-state index is 13.3. The van der Waals surface area contributed by atoms with Crippen LogP contribution >= 0.6 is 0 Å². The lowest BCUT2D eigenvalue weighted by atomic mass is 9.90. The highest BCUT2D eigenvalue weighted by Crippen LogP contribution is 2.28. The third kappa shape index (κ3) is 5.12. The summed E-state index contributed by atoms with van der Waals surface area (Å²) >= 11 is 0. The Labute approximate surface area is 221 Å². The van der Waals surface area contributed by atoms with E-state index in [-0.39, 0.29) is 29.4 Å². The van der Waals surface area contributed by atoms with E-state index in [0.717, 1.165) is 22.4 Å². The number of piperidine rings is 1. The Kier molecular flexibility index (Phi) is 7.14. The van der Waals surface area contributed by atoms with Crippen molar-refractivity contribution < 1.29 is 9.90 Å². The van der Waals surface area contributed by atoms with Gasteiger partial charge in [-0.25, -0.2) is 4.98 Å². The van der Waals surface area contributed by atoms with Gasteiger partial charge in [-0.3, -0.25) is 18.8 Å². The molecule has 38 heavy (non-hydrogen) atoms. The largest absolute Gasteiger partial charge is 0.388 e. The van der Waals surface area contributed by atoms with E-state index >= 15 is 0 Å². The zero-order valence-electron chi connectivity index (χ0n) is 21.9. The topological polar surface area (TPSA) is 119 Å². The number of fused-ring (bicyclic) bond motifs is 1. The smallest absolute Gasteiger partial charge is 0.281 e. The van der Waals surface area contributed by atoms with Crippen molar-refractivity contribution >= 4 is 16.9 Å². The van der Waals surface area contributed by atoms with Gasteiger partial charge in [0.05, 0.1) is 24.2 Å². The molecule has 1 fully saturated rings. The van der Waals surface area contributed by atoms with E-state index in [0.29, 0.717) is 44.4 Å². The SMILES string of the molecule is C[C@H](CC(=O)N1CCC(O)(Cn2cnc3c(-c4ccc(CN)cc4)n(C)nc3c2=O)CC1)c1ccccc1. The molecule has 1 amide bonds. The first-order chi connectivity index (χ1) is 18.3. The lowest BCUT2D eigenvalue weighted by Gasteiger charge is -2.38. The van der Waals surface area contributed by atoms with Gasteiger partial charge >= 0.3 is 0 Å². The second-order valence-corrected chi connectivity index (χ2v) is 10.4. The molecule has 0 aliphatic carbocycles. The predicted octanol–water partition coefficient (Wildman–Crippen LogP) is 2.80. The van der Waals surface area contributed by atoms with Crippen molar-refractivity contribution in [3.63, 3.8) is 0 Å². The molecule has 2 aromatic heterocycles. The number of likely N-dealkylation sites (tertiary alicyclic amines) is 1. The summed E-state index contributed by atoms with van der Waals surface area (Å²) in [5, 5.41) is 15.8. The molecule has 0 unspecified atom stereocenters. The molecule has 0 saturated carbocycles. The Morgan fingerprint density at radius 2 is 1.76 bits per heavy atom. The summed E-state index contributed by atoms with van der Waals surface area (Å²) in [6, 6.07) is 17.8. The van der Waals surface area contributed by atoms with Crippen molar-refractivity contribution in [2.45, 2.75) is 50.8 Å². The number of rotatable bonds is 7. The molecular formula is C29H34N6O3. The minimum absolute atomic E-state index is 0.0872. The summed E-state index contributed by atoms with van der Waals surface area (Å²) in [6.07, 6.45) is 2.70. The molecular weight excluding hydrogens is 480 g/mol. The van der Waals surface area contributed by atoms with E-state index in [1.807, 2.05) is 59.5 Å². The number of benzene rings is 2. The van der Waals surface area contributed by atoms with Crippen LogP contribution in [0.1, 0.15) is 43.2 Å². The standard InChI is InChI=1S/C29H34N6O3/c1-20(22-6-4-3-5-7-22)16-24(36)34-14-12-29(38,13-15-34)18-35-19-31-25-26(28(35)37)32-33(2)27(25)23-10-8-21(17-30)9-11-23/h3-11,19-20,38H,12-18,30H2,1-2H3/t20-/m1/s1. The summed E-state index contributed by atoms with van der Waals surface area (Å²) in [5.74, 6) is 0.215. The van der Waals surface area contributed by atoms with Gasteiger partial charge in [-0.1, -0.05) is 61.5 Å². The lowest BCUT2D eigenvalue weighted by Crippen LogP contribution is -2.49. The number of aromatic nitrogens is 4. The van der Waals surface area contributed by atoms with E-state index in [4.69, 9.17) is 5.73 Å². The van der Waals surface area contributed by atoms with Gasteiger partial charge in [0.25, 0.3) is 5.56 Å². The molecule has 9 nitrogen and oxygen atoms in total. The van der Waals surface area contributed by atoms with Crippen molar-refractivity contribution in [3.8, 4) is 11.3 Å². The maximum Gasteiger partial charge on any atom is 0.281 e. The minimum Gasteiger partial charge on any atom is -0.388 e. The zero-order chi connectivity index (χ0) is 26.9. The van der Waals surface area contributed by atoms with E-state index < -0.39 is 5.60 Å². The quantitative estimate of drug-likeness (QED) is 0.391. The highest BCUT2D eigenvalue weighted by Gasteiger charge is 2.35. The third-order valence-corrected chi connectivity index (χ3v) is 7.64. The number of carbonyl (C=O) groups excluding carboxylic acids is 1. The Balaban J connectivity index is 1.28. The van der Waals surface area contributed by atoms with Crippen molar-refractivity contribution in [3.05, 3.63) is 82.4 Å². The number of aliphatic hydroxyl groups is 1. The van der Waals surface area contributed by atoms with Crippen LogP contribution in [0.25, 0.3) is 22.3 Å². The van der Waals surface area contributed by atoms with Gasteiger partial charge in [0, 0.05) is 38.7 Å². The van der Waals surface area contributed by atoms with Crippen molar-refractivity contribution in [1.29, 1.82) is 0 Å². The molecule has 5 rings (SSSR count). The van der Waals surface area contributed by atoms with Gasteiger partial charge < -0.3 is 15.7 Å². The van der Waals surface area contributed by atoms with E-state index in [9.17, 15) is 14.7 Å². The first-order valence-electron chi connectivity index (χ1n) is 13.0. The van der Waals surface area contributed by atoms with Gasteiger partial charge in [0.2, 0.25) is 5.91 Å². The summed E-state index contributed by atoms with van der Waals surface area (Å²) in [5.41, 5.74) is 8.91. The van der Waals surface area contributed by atoms with E-state index in [1.165, 1.54) is 10.9 Å². The molecule has 1 saturated heterocycles. The van der Waals surface area contributed by atoms with E-state index in [2.05, 4.69) is 17.0 Å². The second-order valence-electron chi connectivity index (χ2n) is 10.4. The Morgan fingerprint density at radius 1 is 1.08 bits per heavy atom. The number of carbonyl (C=O) groups is 1. The fourth-order valence-electron chi connectivity index (χ4n) is 5.27. The monoisotopic (exact) mass is 514 g/mol. The molecule has 0 spiro atoms. The van der Waals surface area contributed by atoms with Crippen LogP contribution in [0.2, 0.25) is 0 Å². The first-order valence-corrected chi connectivity index (χ1v) is 13.0. The van der Waals surface area contributed by atoms with Crippen molar-refractivity contribution in [2.24, 2.45) is 12.8 Å². The number of nitrogens with two attached hydrogens (primary N) is 1. The molecule has 198 valence electrons. The average Bonchev–Trinajstić information content (AvgIpc) is 3.27. The molecule has 9 heteroatoms. The van der Waals surface area contributed by atoms with Crippen molar-refractivity contribution in [1.82, 2.24) is 24.2 Å². The molecule has 1 aliphatic rings. The van der Waals surface area contributed by atoms with Gasteiger partial charge in [-0.15, -0.1) is 0 Å². The van der Waals surface area contributed by atoms with Crippen LogP contribution in [-0.4, -0.2) is 53.9 Å². The van der Waals surface area contributed by atoms with Crippen LogP contribution in [0, 0.1) is 0 Å². The van der Waals surface area contributed by atoms with Crippen LogP contribution < -0.4 is 11.3 Å². The summed E-state index contributed by atoms with van der Waals surface area (Å²) in [7, 11) is 1.79. The maximum atomic E-state index is 13.3. The number of hydrogen-bond acceptors (Lipinski definition) is 6. The highest BCUT2D eigenvalue weighted by atomic mass is 16.3. The van der Waals surface area contributed by atoms with E-state index in [1.54, 1.807) is 11.7 Å². The Morgan fingerprint density at radius 3 is 2.42 bits per heavy atom. The molecule has 3 N–H and O–H groups in total. The number of hydrogen-bond donors (Lipinski definition) is 2. The summed E-state index contributed by atoms with van der Waals surface area (Å²) in [6.45, 7) is 3.52. The van der Waals surface area contributed by atoms with Crippen LogP contribution in [0.15, 0.2) is 65.7 Å². The van der Waals surface area contributed by atoms with Crippen LogP contribution in [0.3, 0.4) is 0 Å².